The van der Waals surface area contributed by atoms with Crippen LogP contribution in [0.3, 0.4) is 0 Å². The van der Waals surface area contributed by atoms with Gasteiger partial charge in [-0.1, -0.05) is 13.8 Å². The summed E-state index contributed by atoms with van der Waals surface area (Å²) in [5.41, 5.74) is 0. The number of carbonyl (C=O) groups excluding carboxylic acids is 1. The third-order valence-corrected chi connectivity index (χ3v) is 3.60. The molecular weight excluding hydrogens is 232 g/mol. The lowest BCUT2D eigenvalue weighted by Gasteiger charge is -2.13. The lowest BCUT2D eigenvalue weighted by Crippen LogP contribution is -2.31. The SMILES string of the molecule is Cc1ncc(C(=O)NCC(Cl)C(C)C)s1. The number of halogens is 1. The van der Waals surface area contributed by atoms with E-state index in [4.69, 9.17) is 11.6 Å². The monoisotopic (exact) mass is 246 g/mol. The van der Waals surface area contributed by atoms with E-state index < -0.39 is 0 Å². The van der Waals surface area contributed by atoms with Gasteiger partial charge in [-0.2, -0.15) is 0 Å². The number of thiazole rings is 1. The molecule has 0 spiro atoms. The molecule has 0 bridgehead atoms. The number of carbonyl (C=O) groups is 1. The van der Waals surface area contributed by atoms with Gasteiger partial charge < -0.3 is 5.32 Å². The molecule has 5 heteroatoms. The van der Waals surface area contributed by atoms with Crippen molar-refractivity contribution >= 4 is 28.8 Å². The first-order chi connectivity index (χ1) is 7.00. The highest BCUT2D eigenvalue weighted by molar-refractivity contribution is 7.13. The molecule has 1 atom stereocenters. The molecule has 0 radical (unpaired) electrons. The van der Waals surface area contributed by atoms with E-state index in [0.717, 1.165) is 5.01 Å². The summed E-state index contributed by atoms with van der Waals surface area (Å²) < 4.78 is 0. The van der Waals surface area contributed by atoms with E-state index in [0.29, 0.717) is 17.3 Å². The van der Waals surface area contributed by atoms with Crippen molar-refractivity contribution in [3.05, 3.63) is 16.1 Å². The van der Waals surface area contributed by atoms with Gasteiger partial charge in [0.15, 0.2) is 0 Å². The summed E-state index contributed by atoms with van der Waals surface area (Å²) in [7, 11) is 0. The van der Waals surface area contributed by atoms with E-state index in [9.17, 15) is 4.79 Å². The van der Waals surface area contributed by atoms with Crippen molar-refractivity contribution in [2.24, 2.45) is 5.92 Å². The number of hydrogen-bond donors (Lipinski definition) is 1. The van der Waals surface area contributed by atoms with E-state index in [1.54, 1.807) is 6.20 Å². The average molecular weight is 247 g/mol. The number of nitrogens with zero attached hydrogens (tertiary/aromatic N) is 1. The molecule has 0 fully saturated rings. The van der Waals surface area contributed by atoms with Gasteiger partial charge >= 0.3 is 0 Å². The molecule has 1 rings (SSSR count). The predicted molar refractivity (Wildman–Crippen MR) is 63.7 cm³/mol. The van der Waals surface area contributed by atoms with Gasteiger partial charge in [-0.25, -0.2) is 4.98 Å². The van der Waals surface area contributed by atoms with Gasteiger partial charge in [0, 0.05) is 6.54 Å². The topological polar surface area (TPSA) is 42.0 Å². The number of alkyl halides is 1. The number of nitrogens with one attached hydrogen (secondary N) is 1. The smallest absolute Gasteiger partial charge is 0.263 e. The van der Waals surface area contributed by atoms with Crippen molar-refractivity contribution in [3.8, 4) is 0 Å². The first-order valence-electron chi connectivity index (χ1n) is 4.85. The van der Waals surface area contributed by atoms with Gasteiger partial charge in [-0.15, -0.1) is 22.9 Å². The summed E-state index contributed by atoms with van der Waals surface area (Å²) >= 11 is 7.42. The van der Waals surface area contributed by atoms with Crippen LogP contribution in [0.15, 0.2) is 6.20 Å². The fourth-order valence-electron chi connectivity index (χ4n) is 0.979. The highest BCUT2D eigenvalue weighted by atomic mass is 35.5. The Balaban J connectivity index is 2.43. The zero-order valence-corrected chi connectivity index (χ0v) is 10.7. The van der Waals surface area contributed by atoms with Crippen LogP contribution in [0.25, 0.3) is 0 Å². The van der Waals surface area contributed by atoms with E-state index >= 15 is 0 Å². The van der Waals surface area contributed by atoms with Crippen LogP contribution in [0.2, 0.25) is 0 Å². The van der Waals surface area contributed by atoms with Gasteiger partial charge in [0.05, 0.1) is 16.6 Å². The predicted octanol–water partition coefficient (Wildman–Crippen LogP) is 2.44. The van der Waals surface area contributed by atoms with Crippen LogP contribution in [0.4, 0.5) is 0 Å². The van der Waals surface area contributed by atoms with Gasteiger partial charge in [0.2, 0.25) is 0 Å². The zero-order valence-electron chi connectivity index (χ0n) is 9.08. The zero-order chi connectivity index (χ0) is 11.4. The van der Waals surface area contributed by atoms with Crippen LogP contribution < -0.4 is 5.32 Å². The minimum absolute atomic E-state index is 0.0250. The molecule has 1 amide bonds. The molecule has 0 aliphatic rings. The fourth-order valence-corrected chi connectivity index (χ4v) is 1.75. The minimum Gasteiger partial charge on any atom is -0.350 e. The quantitative estimate of drug-likeness (QED) is 0.830. The lowest BCUT2D eigenvalue weighted by atomic mass is 10.1. The molecule has 84 valence electrons. The molecular formula is C10H15ClN2OS. The van der Waals surface area contributed by atoms with Crippen molar-refractivity contribution in [1.29, 1.82) is 0 Å². The van der Waals surface area contributed by atoms with Gasteiger partial charge in [0.25, 0.3) is 5.91 Å². The fraction of sp³-hybridized carbons (Fsp3) is 0.600. The van der Waals surface area contributed by atoms with E-state index in [-0.39, 0.29) is 11.3 Å². The summed E-state index contributed by atoms with van der Waals surface area (Å²) in [6, 6.07) is 0. The molecule has 1 aromatic rings. The Labute approximate surface area is 98.9 Å². The Morgan fingerprint density at radius 2 is 2.33 bits per heavy atom. The van der Waals surface area contributed by atoms with E-state index in [2.05, 4.69) is 10.3 Å². The Morgan fingerprint density at radius 1 is 1.67 bits per heavy atom. The highest BCUT2D eigenvalue weighted by Crippen LogP contribution is 2.12. The maximum Gasteiger partial charge on any atom is 0.263 e. The molecule has 0 aliphatic carbocycles. The maximum absolute atomic E-state index is 11.6. The highest BCUT2D eigenvalue weighted by Gasteiger charge is 2.13. The summed E-state index contributed by atoms with van der Waals surface area (Å²) in [5, 5.41) is 3.66. The van der Waals surface area contributed by atoms with Crippen LogP contribution in [0, 0.1) is 12.8 Å². The van der Waals surface area contributed by atoms with E-state index in [1.807, 2.05) is 20.8 Å². The molecule has 0 aromatic carbocycles. The number of aryl methyl sites for hydroxylation is 1. The Bertz CT molecular complexity index is 338. The molecule has 15 heavy (non-hydrogen) atoms. The molecule has 0 saturated heterocycles. The normalized spacial score (nSPS) is 12.9. The van der Waals surface area contributed by atoms with Crippen LogP contribution in [0.5, 0.6) is 0 Å². The van der Waals surface area contributed by atoms with Crippen molar-refractivity contribution in [3.63, 3.8) is 0 Å². The molecule has 0 saturated carbocycles. The van der Waals surface area contributed by atoms with Gasteiger partial charge in [-0.3, -0.25) is 4.79 Å². The molecule has 1 N–H and O–H groups in total. The second kappa shape index (κ2) is 5.47. The Kier molecular flexibility index (Phi) is 4.54. The number of aromatic nitrogens is 1. The van der Waals surface area contributed by atoms with Crippen LogP contribution in [-0.2, 0) is 0 Å². The molecule has 1 unspecified atom stereocenters. The number of rotatable bonds is 4. The Hall–Kier alpha value is -0.610. The summed E-state index contributed by atoms with van der Waals surface area (Å²) in [4.78, 5) is 16.2. The van der Waals surface area contributed by atoms with Gasteiger partial charge in [-0.05, 0) is 12.8 Å². The molecule has 0 aliphatic heterocycles. The molecule has 1 aromatic heterocycles. The molecule has 1 heterocycles. The largest absolute Gasteiger partial charge is 0.350 e. The Morgan fingerprint density at radius 3 is 2.80 bits per heavy atom. The van der Waals surface area contributed by atoms with Crippen LogP contribution in [0.1, 0.15) is 28.5 Å². The van der Waals surface area contributed by atoms with Crippen molar-refractivity contribution in [1.82, 2.24) is 10.3 Å². The lowest BCUT2D eigenvalue weighted by molar-refractivity contribution is 0.0956. The van der Waals surface area contributed by atoms with Crippen molar-refractivity contribution in [2.75, 3.05) is 6.54 Å². The third-order valence-electron chi connectivity index (χ3n) is 2.03. The number of hydrogen-bond acceptors (Lipinski definition) is 3. The van der Waals surface area contributed by atoms with Crippen molar-refractivity contribution in [2.45, 2.75) is 26.1 Å². The molecule has 3 nitrogen and oxygen atoms in total. The average Bonchev–Trinajstić information content (AvgIpc) is 2.60. The van der Waals surface area contributed by atoms with Crippen LogP contribution in [-0.4, -0.2) is 22.8 Å². The minimum atomic E-state index is -0.0908. The first-order valence-corrected chi connectivity index (χ1v) is 6.10. The van der Waals surface area contributed by atoms with E-state index in [1.165, 1.54) is 11.3 Å². The van der Waals surface area contributed by atoms with Crippen molar-refractivity contribution < 1.29 is 4.79 Å². The second-order valence-corrected chi connectivity index (χ2v) is 5.51. The summed E-state index contributed by atoms with van der Waals surface area (Å²) in [5.74, 6) is 0.266. The second-order valence-electron chi connectivity index (χ2n) is 3.71. The third kappa shape index (κ3) is 3.80. The number of amides is 1. The summed E-state index contributed by atoms with van der Waals surface area (Å²) in [6.45, 7) is 6.43. The summed E-state index contributed by atoms with van der Waals surface area (Å²) in [6.07, 6.45) is 1.59. The standard InChI is InChI=1S/C10H15ClN2OS/c1-6(2)8(11)4-13-10(14)9-5-12-7(3)15-9/h5-6,8H,4H2,1-3H3,(H,13,14). The first kappa shape index (κ1) is 12.5. The maximum atomic E-state index is 11.6. The van der Waals surface area contributed by atoms with Crippen LogP contribution >= 0.6 is 22.9 Å². The van der Waals surface area contributed by atoms with Gasteiger partial charge in [0.1, 0.15) is 4.88 Å².